The molecule has 1 aromatic carbocycles. The molecule has 1 aromatic heterocycles. The highest BCUT2D eigenvalue weighted by Gasteiger charge is 2.15. The number of rotatable bonds is 2. The summed E-state index contributed by atoms with van der Waals surface area (Å²) in [6.07, 6.45) is 0. The summed E-state index contributed by atoms with van der Waals surface area (Å²) >= 11 is 3.63. The summed E-state index contributed by atoms with van der Waals surface area (Å²) in [5.41, 5.74) is 4.57. The van der Waals surface area contributed by atoms with Crippen molar-refractivity contribution in [3.8, 4) is 11.3 Å². The molecule has 0 aliphatic heterocycles. The van der Waals surface area contributed by atoms with Gasteiger partial charge in [0.05, 0.1) is 10.2 Å². The lowest BCUT2D eigenvalue weighted by molar-refractivity contribution is 0.807. The number of aromatic amines is 1. The van der Waals surface area contributed by atoms with E-state index in [2.05, 4.69) is 59.0 Å². The normalized spacial score (nSPS) is 11.1. The highest BCUT2D eigenvalue weighted by molar-refractivity contribution is 9.10. The Morgan fingerprint density at radius 1 is 1.25 bits per heavy atom. The Labute approximate surface area is 104 Å². The first-order valence-corrected chi connectivity index (χ1v) is 6.20. The van der Waals surface area contributed by atoms with Crippen molar-refractivity contribution in [3.05, 3.63) is 40.0 Å². The van der Waals surface area contributed by atoms with Crippen LogP contribution in [0.2, 0.25) is 0 Å². The number of hydrogen-bond acceptors (Lipinski definition) is 1. The van der Waals surface area contributed by atoms with Gasteiger partial charge in [-0.15, -0.1) is 0 Å². The third-order valence-electron chi connectivity index (χ3n) is 2.71. The molecule has 0 spiro atoms. The highest BCUT2D eigenvalue weighted by atomic mass is 79.9. The van der Waals surface area contributed by atoms with Gasteiger partial charge in [0.25, 0.3) is 0 Å². The van der Waals surface area contributed by atoms with E-state index in [0.29, 0.717) is 5.92 Å². The molecule has 1 heterocycles. The summed E-state index contributed by atoms with van der Waals surface area (Å²) in [7, 11) is 0. The standard InChI is InChI=1S/C13H15BrN2/c1-8(2)12-11(14)13(16-15-12)10-7-5-4-6-9(10)3/h4-8H,1-3H3,(H,15,16). The molecule has 0 saturated heterocycles. The van der Waals surface area contributed by atoms with Gasteiger partial charge in [-0.25, -0.2) is 0 Å². The quantitative estimate of drug-likeness (QED) is 0.873. The van der Waals surface area contributed by atoms with Gasteiger partial charge in [-0.2, -0.15) is 5.10 Å². The fraction of sp³-hybridized carbons (Fsp3) is 0.308. The van der Waals surface area contributed by atoms with E-state index in [9.17, 15) is 0 Å². The number of nitrogens with one attached hydrogen (secondary N) is 1. The second-order valence-corrected chi connectivity index (χ2v) is 5.06. The zero-order valence-electron chi connectivity index (χ0n) is 9.71. The van der Waals surface area contributed by atoms with Gasteiger partial charge in [0.2, 0.25) is 0 Å². The molecule has 3 heteroatoms. The number of benzene rings is 1. The summed E-state index contributed by atoms with van der Waals surface area (Å²) in [6.45, 7) is 6.41. The van der Waals surface area contributed by atoms with Crippen LogP contribution in [0.3, 0.4) is 0 Å². The van der Waals surface area contributed by atoms with Crippen LogP contribution < -0.4 is 0 Å². The molecule has 0 fully saturated rings. The number of H-pyrrole nitrogens is 1. The number of nitrogens with zero attached hydrogens (tertiary/aromatic N) is 1. The lowest BCUT2D eigenvalue weighted by Gasteiger charge is -2.04. The molecule has 0 aliphatic carbocycles. The van der Waals surface area contributed by atoms with Gasteiger partial charge in [0.1, 0.15) is 5.69 Å². The molecule has 84 valence electrons. The highest BCUT2D eigenvalue weighted by Crippen LogP contribution is 2.33. The molecule has 2 nitrogen and oxygen atoms in total. The molecule has 16 heavy (non-hydrogen) atoms. The van der Waals surface area contributed by atoms with Crippen LogP contribution in [0.15, 0.2) is 28.7 Å². The van der Waals surface area contributed by atoms with Gasteiger partial charge < -0.3 is 0 Å². The van der Waals surface area contributed by atoms with Crippen molar-refractivity contribution in [2.75, 3.05) is 0 Å². The number of aromatic nitrogens is 2. The fourth-order valence-corrected chi connectivity index (χ4v) is 2.59. The second kappa shape index (κ2) is 4.42. The maximum absolute atomic E-state index is 4.40. The largest absolute Gasteiger partial charge is 0.281 e. The molecule has 1 N–H and O–H groups in total. The Morgan fingerprint density at radius 3 is 2.50 bits per heavy atom. The second-order valence-electron chi connectivity index (χ2n) is 4.27. The van der Waals surface area contributed by atoms with Crippen molar-refractivity contribution in [2.45, 2.75) is 26.7 Å². The first kappa shape index (κ1) is 11.4. The summed E-state index contributed by atoms with van der Waals surface area (Å²) < 4.78 is 1.08. The summed E-state index contributed by atoms with van der Waals surface area (Å²) in [5, 5.41) is 7.50. The molecule has 0 unspecified atom stereocenters. The Balaban J connectivity index is 2.54. The molecule has 0 aliphatic rings. The Kier molecular flexibility index (Phi) is 3.15. The van der Waals surface area contributed by atoms with Gasteiger partial charge in [-0.05, 0) is 34.3 Å². The molecule has 0 amide bonds. The van der Waals surface area contributed by atoms with E-state index in [1.165, 1.54) is 11.1 Å². The predicted octanol–water partition coefficient (Wildman–Crippen LogP) is 4.27. The molecular formula is C13H15BrN2. The Hall–Kier alpha value is -1.09. The van der Waals surface area contributed by atoms with Crippen LogP contribution >= 0.6 is 15.9 Å². The zero-order valence-corrected chi connectivity index (χ0v) is 11.3. The molecule has 0 atom stereocenters. The summed E-state index contributed by atoms with van der Waals surface area (Å²) in [4.78, 5) is 0. The molecule has 0 radical (unpaired) electrons. The van der Waals surface area contributed by atoms with Gasteiger partial charge >= 0.3 is 0 Å². The van der Waals surface area contributed by atoms with Gasteiger partial charge in [0.15, 0.2) is 0 Å². The molecular weight excluding hydrogens is 264 g/mol. The average molecular weight is 279 g/mol. The van der Waals surface area contributed by atoms with Crippen LogP contribution in [-0.2, 0) is 0 Å². The van der Waals surface area contributed by atoms with Crippen LogP contribution in [0, 0.1) is 6.92 Å². The molecule has 2 rings (SSSR count). The minimum absolute atomic E-state index is 0.444. The lowest BCUT2D eigenvalue weighted by Crippen LogP contribution is -1.87. The topological polar surface area (TPSA) is 28.7 Å². The van der Waals surface area contributed by atoms with Crippen molar-refractivity contribution in [3.63, 3.8) is 0 Å². The first-order valence-electron chi connectivity index (χ1n) is 5.41. The molecule has 0 saturated carbocycles. The van der Waals surface area contributed by atoms with E-state index in [1.807, 2.05) is 12.1 Å². The minimum Gasteiger partial charge on any atom is -0.281 e. The smallest absolute Gasteiger partial charge is 0.107 e. The lowest BCUT2D eigenvalue weighted by atomic mass is 10.0. The maximum Gasteiger partial charge on any atom is 0.107 e. The monoisotopic (exact) mass is 278 g/mol. The van der Waals surface area contributed by atoms with E-state index in [0.717, 1.165) is 15.9 Å². The SMILES string of the molecule is Cc1ccccc1-c1n[nH]c(C(C)C)c1Br. The Morgan fingerprint density at radius 2 is 1.94 bits per heavy atom. The number of halogens is 1. The summed E-state index contributed by atoms with van der Waals surface area (Å²) in [5.74, 6) is 0.444. The maximum atomic E-state index is 4.40. The number of hydrogen-bond donors (Lipinski definition) is 1. The van der Waals surface area contributed by atoms with Crippen LogP contribution in [0.25, 0.3) is 11.3 Å². The van der Waals surface area contributed by atoms with Crippen LogP contribution in [0.1, 0.15) is 31.0 Å². The van der Waals surface area contributed by atoms with Crippen molar-refractivity contribution in [2.24, 2.45) is 0 Å². The van der Waals surface area contributed by atoms with E-state index in [-0.39, 0.29) is 0 Å². The zero-order chi connectivity index (χ0) is 11.7. The molecule has 2 aromatic rings. The predicted molar refractivity (Wildman–Crippen MR) is 70.5 cm³/mol. The third-order valence-corrected chi connectivity index (χ3v) is 3.51. The van der Waals surface area contributed by atoms with Crippen LogP contribution in [0.4, 0.5) is 0 Å². The van der Waals surface area contributed by atoms with Crippen molar-refractivity contribution >= 4 is 15.9 Å². The van der Waals surface area contributed by atoms with Crippen LogP contribution in [0.5, 0.6) is 0 Å². The van der Waals surface area contributed by atoms with E-state index < -0.39 is 0 Å². The van der Waals surface area contributed by atoms with E-state index in [4.69, 9.17) is 0 Å². The third kappa shape index (κ3) is 1.92. The van der Waals surface area contributed by atoms with Crippen LogP contribution in [-0.4, -0.2) is 10.2 Å². The van der Waals surface area contributed by atoms with E-state index >= 15 is 0 Å². The van der Waals surface area contributed by atoms with Crippen molar-refractivity contribution in [1.82, 2.24) is 10.2 Å². The van der Waals surface area contributed by atoms with Gasteiger partial charge in [-0.3, -0.25) is 5.10 Å². The minimum atomic E-state index is 0.444. The van der Waals surface area contributed by atoms with Gasteiger partial charge in [0, 0.05) is 5.56 Å². The average Bonchev–Trinajstić information content (AvgIpc) is 2.61. The fourth-order valence-electron chi connectivity index (χ4n) is 1.74. The van der Waals surface area contributed by atoms with Crippen molar-refractivity contribution in [1.29, 1.82) is 0 Å². The van der Waals surface area contributed by atoms with E-state index in [1.54, 1.807) is 0 Å². The van der Waals surface area contributed by atoms with Gasteiger partial charge in [-0.1, -0.05) is 38.1 Å². The Bertz CT molecular complexity index is 500. The molecule has 0 bridgehead atoms. The number of aryl methyl sites for hydroxylation is 1. The first-order chi connectivity index (χ1) is 7.61. The van der Waals surface area contributed by atoms with Crippen molar-refractivity contribution < 1.29 is 0 Å². The summed E-state index contributed by atoms with van der Waals surface area (Å²) in [6, 6.07) is 8.28.